The number of ether oxygens (including phenoxy) is 2. The molecule has 0 amide bonds. The van der Waals surface area contributed by atoms with Gasteiger partial charge in [0.2, 0.25) is 5.78 Å². The Bertz CT molecular complexity index is 373. The zero-order valence-electron chi connectivity index (χ0n) is 8.23. The van der Waals surface area contributed by atoms with Crippen LogP contribution in [0, 0.1) is 0 Å². The number of rotatable bonds is 4. The highest BCUT2D eigenvalue weighted by Crippen LogP contribution is 2.29. The SMILES string of the molecule is O=C1COc2cc(OCCCO)ccc21. The largest absolute Gasteiger partial charge is 0.493 e. The van der Waals surface area contributed by atoms with E-state index >= 15 is 0 Å². The Morgan fingerprint density at radius 1 is 1.47 bits per heavy atom. The molecular weight excluding hydrogens is 196 g/mol. The van der Waals surface area contributed by atoms with E-state index in [1.807, 2.05) is 0 Å². The summed E-state index contributed by atoms with van der Waals surface area (Å²) in [5, 5.41) is 8.58. The second-order valence-corrected chi connectivity index (χ2v) is 3.30. The Morgan fingerprint density at radius 2 is 2.33 bits per heavy atom. The van der Waals surface area contributed by atoms with E-state index in [1.54, 1.807) is 18.2 Å². The summed E-state index contributed by atoms with van der Waals surface area (Å²) >= 11 is 0. The topological polar surface area (TPSA) is 55.8 Å². The van der Waals surface area contributed by atoms with Gasteiger partial charge in [-0.2, -0.15) is 0 Å². The number of fused-ring (bicyclic) bond motifs is 1. The van der Waals surface area contributed by atoms with Crippen molar-refractivity contribution in [1.29, 1.82) is 0 Å². The number of ketones is 1. The maximum Gasteiger partial charge on any atom is 0.203 e. The number of aliphatic hydroxyl groups excluding tert-OH is 1. The molecule has 4 heteroatoms. The van der Waals surface area contributed by atoms with Gasteiger partial charge < -0.3 is 14.6 Å². The van der Waals surface area contributed by atoms with Gasteiger partial charge in [-0.25, -0.2) is 0 Å². The first-order chi connectivity index (χ1) is 7.31. The van der Waals surface area contributed by atoms with Crippen molar-refractivity contribution >= 4 is 5.78 Å². The molecule has 80 valence electrons. The van der Waals surface area contributed by atoms with Gasteiger partial charge in [0.15, 0.2) is 6.61 Å². The van der Waals surface area contributed by atoms with Crippen molar-refractivity contribution in [1.82, 2.24) is 0 Å². The van der Waals surface area contributed by atoms with Crippen LogP contribution in [0.25, 0.3) is 0 Å². The molecule has 1 N–H and O–H groups in total. The molecule has 1 aromatic rings. The quantitative estimate of drug-likeness (QED) is 0.750. The first-order valence-electron chi connectivity index (χ1n) is 4.85. The smallest absolute Gasteiger partial charge is 0.203 e. The third-order valence-corrected chi connectivity index (χ3v) is 2.18. The van der Waals surface area contributed by atoms with Crippen molar-refractivity contribution in [3.05, 3.63) is 23.8 Å². The first-order valence-corrected chi connectivity index (χ1v) is 4.85. The molecule has 0 atom stereocenters. The number of aliphatic hydroxyl groups is 1. The van der Waals surface area contributed by atoms with Gasteiger partial charge >= 0.3 is 0 Å². The van der Waals surface area contributed by atoms with Gasteiger partial charge in [-0.05, 0) is 12.1 Å². The maximum absolute atomic E-state index is 11.2. The van der Waals surface area contributed by atoms with E-state index in [4.69, 9.17) is 14.6 Å². The lowest BCUT2D eigenvalue weighted by molar-refractivity contribution is 0.0961. The number of benzene rings is 1. The monoisotopic (exact) mass is 208 g/mol. The number of carbonyl (C=O) groups is 1. The Balaban J connectivity index is 2.06. The molecule has 1 heterocycles. The molecule has 0 aliphatic carbocycles. The highest BCUT2D eigenvalue weighted by molar-refractivity contribution is 6.02. The molecule has 1 aliphatic rings. The molecule has 0 fully saturated rings. The van der Waals surface area contributed by atoms with Crippen LogP contribution in [-0.2, 0) is 0 Å². The first kappa shape index (κ1) is 9.98. The van der Waals surface area contributed by atoms with Crippen LogP contribution in [0.1, 0.15) is 16.8 Å². The van der Waals surface area contributed by atoms with Crippen molar-refractivity contribution in [2.24, 2.45) is 0 Å². The molecule has 2 rings (SSSR count). The standard InChI is InChI=1S/C11H12O4/c12-4-1-5-14-8-2-3-9-10(13)7-15-11(9)6-8/h2-3,6,12H,1,4-5,7H2. The summed E-state index contributed by atoms with van der Waals surface area (Å²) in [6.07, 6.45) is 0.594. The minimum absolute atomic E-state index is 0.00640. The van der Waals surface area contributed by atoms with Crippen molar-refractivity contribution in [2.45, 2.75) is 6.42 Å². The van der Waals surface area contributed by atoms with Crippen LogP contribution in [0.2, 0.25) is 0 Å². The highest BCUT2D eigenvalue weighted by atomic mass is 16.5. The average Bonchev–Trinajstić information content (AvgIpc) is 2.61. The number of Topliss-reactive ketones (excluding diaryl/α,β-unsaturated/α-hetero) is 1. The predicted octanol–water partition coefficient (Wildman–Crippen LogP) is 1.02. The van der Waals surface area contributed by atoms with Gasteiger partial charge in [-0.3, -0.25) is 4.79 Å². The zero-order chi connectivity index (χ0) is 10.7. The third-order valence-electron chi connectivity index (χ3n) is 2.18. The van der Waals surface area contributed by atoms with E-state index in [9.17, 15) is 4.79 Å². The highest BCUT2D eigenvalue weighted by Gasteiger charge is 2.21. The second-order valence-electron chi connectivity index (χ2n) is 3.30. The molecular formula is C11H12O4. The van der Waals surface area contributed by atoms with Crippen molar-refractivity contribution in [3.63, 3.8) is 0 Å². The van der Waals surface area contributed by atoms with Gasteiger partial charge in [0, 0.05) is 19.1 Å². The summed E-state index contributed by atoms with van der Waals surface area (Å²) in [4.78, 5) is 11.2. The summed E-state index contributed by atoms with van der Waals surface area (Å²) in [6.45, 7) is 0.693. The Kier molecular flexibility index (Phi) is 2.87. The zero-order valence-corrected chi connectivity index (χ0v) is 8.23. The van der Waals surface area contributed by atoms with Crippen LogP contribution in [-0.4, -0.2) is 30.7 Å². The van der Waals surface area contributed by atoms with Crippen LogP contribution < -0.4 is 9.47 Å². The van der Waals surface area contributed by atoms with Crippen LogP contribution >= 0.6 is 0 Å². The fraction of sp³-hybridized carbons (Fsp3) is 0.364. The van der Waals surface area contributed by atoms with Crippen molar-refractivity contribution in [3.8, 4) is 11.5 Å². The van der Waals surface area contributed by atoms with Gasteiger partial charge in [0.25, 0.3) is 0 Å². The molecule has 4 nitrogen and oxygen atoms in total. The molecule has 0 saturated heterocycles. The minimum Gasteiger partial charge on any atom is -0.493 e. The summed E-state index contributed by atoms with van der Waals surface area (Å²) in [5.74, 6) is 1.25. The maximum atomic E-state index is 11.2. The van der Waals surface area contributed by atoms with Gasteiger partial charge in [-0.1, -0.05) is 0 Å². The molecule has 15 heavy (non-hydrogen) atoms. The van der Waals surface area contributed by atoms with Gasteiger partial charge in [-0.15, -0.1) is 0 Å². The summed E-state index contributed by atoms with van der Waals surface area (Å²) in [7, 11) is 0. The lowest BCUT2D eigenvalue weighted by atomic mass is 10.1. The lowest BCUT2D eigenvalue weighted by Gasteiger charge is -2.05. The molecule has 0 radical (unpaired) electrons. The van der Waals surface area contributed by atoms with Gasteiger partial charge in [0.05, 0.1) is 12.2 Å². The van der Waals surface area contributed by atoms with Crippen LogP contribution in [0.3, 0.4) is 0 Å². The summed E-state index contributed by atoms with van der Waals surface area (Å²) in [5.41, 5.74) is 0.615. The van der Waals surface area contributed by atoms with Crippen LogP contribution in [0.15, 0.2) is 18.2 Å². The van der Waals surface area contributed by atoms with E-state index in [1.165, 1.54) is 0 Å². The van der Waals surface area contributed by atoms with E-state index in [0.29, 0.717) is 30.1 Å². The molecule has 0 spiro atoms. The van der Waals surface area contributed by atoms with Gasteiger partial charge in [0.1, 0.15) is 11.5 Å². The fourth-order valence-electron chi connectivity index (χ4n) is 1.42. The molecule has 0 bridgehead atoms. The Labute approximate surface area is 87.4 Å². The van der Waals surface area contributed by atoms with Crippen molar-refractivity contribution < 1.29 is 19.4 Å². The summed E-state index contributed by atoms with van der Waals surface area (Å²) in [6, 6.07) is 5.15. The molecule has 0 unspecified atom stereocenters. The van der Waals surface area contributed by atoms with E-state index in [2.05, 4.69) is 0 Å². The number of hydrogen-bond donors (Lipinski definition) is 1. The van der Waals surface area contributed by atoms with Crippen LogP contribution in [0.5, 0.6) is 11.5 Å². The van der Waals surface area contributed by atoms with E-state index < -0.39 is 0 Å². The van der Waals surface area contributed by atoms with Crippen molar-refractivity contribution in [2.75, 3.05) is 19.8 Å². The summed E-state index contributed by atoms with van der Waals surface area (Å²) < 4.78 is 10.5. The fourth-order valence-corrected chi connectivity index (χ4v) is 1.42. The Morgan fingerprint density at radius 3 is 3.13 bits per heavy atom. The number of carbonyl (C=O) groups excluding carboxylic acids is 1. The molecule has 1 aromatic carbocycles. The average molecular weight is 208 g/mol. The Hall–Kier alpha value is -1.55. The number of hydrogen-bond acceptors (Lipinski definition) is 4. The molecule has 0 saturated carbocycles. The predicted molar refractivity (Wildman–Crippen MR) is 53.5 cm³/mol. The lowest BCUT2D eigenvalue weighted by Crippen LogP contribution is -1.99. The van der Waals surface area contributed by atoms with E-state index in [0.717, 1.165) is 0 Å². The van der Waals surface area contributed by atoms with E-state index in [-0.39, 0.29) is 19.0 Å². The molecule has 1 aliphatic heterocycles. The third kappa shape index (κ3) is 2.10. The normalized spacial score (nSPS) is 13.5. The molecule has 0 aromatic heterocycles. The minimum atomic E-state index is 0.00640. The second kappa shape index (κ2) is 4.31. The van der Waals surface area contributed by atoms with Crippen LogP contribution in [0.4, 0.5) is 0 Å².